The van der Waals surface area contributed by atoms with Gasteiger partial charge in [0.2, 0.25) is 0 Å². The number of amides is 1. The fourth-order valence-electron chi connectivity index (χ4n) is 2.26. The van der Waals surface area contributed by atoms with Gasteiger partial charge in [-0.1, -0.05) is 6.42 Å². The normalized spacial score (nSPS) is 23.0. The Hall–Kier alpha value is -1.62. The Balaban J connectivity index is 1.95. The molecule has 0 bridgehead atoms. The third-order valence-corrected chi connectivity index (χ3v) is 3.34. The van der Waals surface area contributed by atoms with Crippen LogP contribution < -0.4 is 5.32 Å². The lowest BCUT2D eigenvalue weighted by Crippen LogP contribution is -2.32. The van der Waals surface area contributed by atoms with Gasteiger partial charge in [-0.15, -0.1) is 0 Å². The van der Waals surface area contributed by atoms with Crippen molar-refractivity contribution in [3.8, 4) is 5.75 Å². The first-order chi connectivity index (χ1) is 8.58. The Bertz CT molecular complexity index is 450. The van der Waals surface area contributed by atoms with Gasteiger partial charge in [0, 0.05) is 18.5 Å². The van der Waals surface area contributed by atoms with Gasteiger partial charge in [0.25, 0.3) is 5.91 Å². The average Bonchev–Trinajstić information content (AvgIpc) is 2.72. The fraction of sp³-hybridized carbons (Fsp3) is 0.462. The molecule has 1 saturated carbocycles. The first-order valence-corrected chi connectivity index (χ1v) is 6.02. The Morgan fingerprint density at radius 1 is 1.44 bits per heavy atom. The van der Waals surface area contributed by atoms with Crippen molar-refractivity contribution in [3.63, 3.8) is 0 Å². The van der Waals surface area contributed by atoms with Crippen molar-refractivity contribution in [2.75, 3.05) is 6.54 Å². The molecule has 4 nitrogen and oxygen atoms in total. The predicted octanol–water partition coefficient (Wildman–Crippen LogP) is 1.42. The van der Waals surface area contributed by atoms with E-state index in [1.807, 2.05) is 0 Å². The van der Waals surface area contributed by atoms with Gasteiger partial charge < -0.3 is 15.5 Å². The molecule has 0 aliphatic heterocycles. The number of hydrogen-bond acceptors (Lipinski definition) is 3. The van der Waals surface area contributed by atoms with Crippen molar-refractivity contribution in [2.24, 2.45) is 5.92 Å². The van der Waals surface area contributed by atoms with E-state index in [0.29, 0.717) is 6.54 Å². The van der Waals surface area contributed by atoms with Crippen LogP contribution in [0.3, 0.4) is 0 Å². The smallest absolute Gasteiger partial charge is 0.254 e. The molecule has 1 aliphatic carbocycles. The molecule has 1 aromatic carbocycles. The standard InChI is InChI=1S/C13H16FNO3/c14-11-6-9(16)4-5-10(11)13(18)15-7-8-2-1-3-12(8)17/h4-6,8,12,16-17H,1-3,7H2,(H,15,18). The van der Waals surface area contributed by atoms with E-state index >= 15 is 0 Å². The summed E-state index contributed by atoms with van der Waals surface area (Å²) in [5.74, 6) is -1.43. The van der Waals surface area contributed by atoms with Crippen LogP contribution >= 0.6 is 0 Å². The lowest BCUT2D eigenvalue weighted by Gasteiger charge is -2.15. The molecule has 1 aromatic rings. The summed E-state index contributed by atoms with van der Waals surface area (Å²) in [4.78, 5) is 11.7. The molecule has 98 valence electrons. The Morgan fingerprint density at radius 2 is 2.22 bits per heavy atom. The van der Waals surface area contributed by atoms with Crippen LogP contribution in [0.2, 0.25) is 0 Å². The molecular formula is C13H16FNO3. The van der Waals surface area contributed by atoms with Crippen LogP contribution in [0.5, 0.6) is 5.75 Å². The van der Waals surface area contributed by atoms with Crippen molar-refractivity contribution in [1.29, 1.82) is 0 Å². The van der Waals surface area contributed by atoms with Gasteiger partial charge in [0.1, 0.15) is 11.6 Å². The molecule has 2 rings (SSSR count). The van der Waals surface area contributed by atoms with Gasteiger partial charge >= 0.3 is 0 Å². The molecule has 3 N–H and O–H groups in total. The Kier molecular flexibility index (Phi) is 3.81. The second-order valence-corrected chi connectivity index (χ2v) is 4.63. The zero-order chi connectivity index (χ0) is 13.1. The van der Waals surface area contributed by atoms with E-state index in [0.717, 1.165) is 25.3 Å². The van der Waals surface area contributed by atoms with Crippen LogP contribution in [0.15, 0.2) is 18.2 Å². The van der Waals surface area contributed by atoms with Gasteiger partial charge in [-0.25, -0.2) is 4.39 Å². The number of aliphatic hydroxyl groups is 1. The summed E-state index contributed by atoms with van der Waals surface area (Å²) in [6.45, 7) is 0.348. The summed E-state index contributed by atoms with van der Waals surface area (Å²) in [6, 6.07) is 3.41. The molecule has 0 heterocycles. The van der Waals surface area contributed by atoms with E-state index in [4.69, 9.17) is 5.11 Å². The number of rotatable bonds is 3. The van der Waals surface area contributed by atoms with Crippen LogP contribution in [-0.2, 0) is 0 Å². The first kappa shape index (κ1) is 12.8. The largest absolute Gasteiger partial charge is 0.508 e. The third-order valence-electron chi connectivity index (χ3n) is 3.34. The van der Waals surface area contributed by atoms with Crippen molar-refractivity contribution in [3.05, 3.63) is 29.6 Å². The average molecular weight is 253 g/mol. The van der Waals surface area contributed by atoms with Crippen LogP contribution in [0.1, 0.15) is 29.6 Å². The number of aromatic hydroxyl groups is 1. The Morgan fingerprint density at radius 3 is 2.83 bits per heavy atom. The number of halogens is 1. The summed E-state index contributed by atoms with van der Waals surface area (Å²) >= 11 is 0. The van der Waals surface area contributed by atoms with E-state index in [2.05, 4.69) is 5.32 Å². The van der Waals surface area contributed by atoms with Gasteiger partial charge in [-0.2, -0.15) is 0 Å². The van der Waals surface area contributed by atoms with E-state index < -0.39 is 11.7 Å². The van der Waals surface area contributed by atoms with Crippen LogP contribution in [0, 0.1) is 11.7 Å². The molecule has 5 heteroatoms. The summed E-state index contributed by atoms with van der Waals surface area (Å²) < 4.78 is 13.4. The van der Waals surface area contributed by atoms with Crippen LogP contribution in [0.4, 0.5) is 4.39 Å². The third kappa shape index (κ3) is 2.79. The maximum atomic E-state index is 13.4. The maximum Gasteiger partial charge on any atom is 0.254 e. The summed E-state index contributed by atoms with van der Waals surface area (Å²) in [5, 5.41) is 21.3. The van der Waals surface area contributed by atoms with Crippen LogP contribution in [0.25, 0.3) is 0 Å². The molecule has 1 amide bonds. The molecule has 1 fully saturated rings. The number of nitrogens with one attached hydrogen (secondary N) is 1. The van der Waals surface area contributed by atoms with E-state index in [1.165, 1.54) is 12.1 Å². The Labute approximate surface area is 104 Å². The van der Waals surface area contributed by atoms with Gasteiger partial charge in [0.05, 0.1) is 11.7 Å². The number of phenolic OH excluding ortho intramolecular Hbond substituents is 1. The number of aliphatic hydroxyl groups excluding tert-OH is 1. The van der Waals surface area contributed by atoms with Crippen molar-refractivity contribution < 1.29 is 19.4 Å². The molecule has 0 spiro atoms. The molecule has 1 aliphatic rings. The highest BCUT2D eigenvalue weighted by molar-refractivity contribution is 5.94. The highest BCUT2D eigenvalue weighted by atomic mass is 19.1. The van der Waals surface area contributed by atoms with E-state index in [-0.39, 0.29) is 23.3 Å². The molecule has 0 aromatic heterocycles. The zero-order valence-corrected chi connectivity index (χ0v) is 9.90. The summed E-state index contributed by atoms with van der Waals surface area (Å²) in [7, 11) is 0. The van der Waals surface area contributed by atoms with Crippen LogP contribution in [-0.4, -0.2) is 28.8 Å². The van der Waals surface area contributed by atoms with E-state index in [9.17, 15) is 14.3 Å². The highest BCUT2D eigenvalue weighted by Gasteiger charge is 2.25. The minimum absolute atomic E-state index is 0.0501. The molecule has 0 saturated heterocycles. The highest BCUT2D eigenvalue weighted by Crippen LogP contribution is 2.24. The van der Waals surface area contributed by atoms with Gasteiger partial charge in [0.15, 0.2) is 0 Å². The van der Waals surface area contributed by atoms with Gasteiger partial charge in [-0.05, 0) is 25.0 Å². The second-order valence-electron chi connectivity index (χ2n) is 4.63. The number of benzene rings is 1. The molecular weight excluding hydrogens is 237 g/mol. The first-order valence-electron chi connectivity index (χ1n) is 6.02. The maximum absolute atomic E-state index is 13.4. The SMILES string of the molecule is O=C(NCC1CCCC1O)c1ccc(O)cc1F. The summed E-state index contributed by atoms with van der Waals surface area (Å²) in [5.41, 5.74) is -0.0970. The fourth-order valence-corrected chi connectivity index (χ4v) is 2.26. The monoisotopic (exact) mass is 253 g/mol. The van der Waals surface area contributed by atoms with E-state index in [1.54, 1.807) is 0 Å². The second kappa shape index (κ2) is 5.35. The molecule has 2 unspecified atom stereocenters. The summed E-state index contributed by atoms with van der Waals surface area (Å²) in [6.07, 6.45) is 2.21. The lowest BCUT2D eigenvalue weighted by molar-refractivity contribution is 0.0913. The minimum atomic E-state index is -0.750. The predicted molar refractivity (Wildman–Crippen MR) is 63.7 cm³/mol. The number of carbonyl (C=O) groups excluding carboxylic acids is 1. The van der Waals surface area contributed by atoms with Crippen molar-refractivity contribution >= 4 is 5.91 Å². The number of hydrogen-bond donors (Lipinski definition) is 3. The molecule has 18 heavy (non-hydrogen) atoms. The van der Waals surface area contributed by atoms with Crippen molar-refractivity contribution in [1.82, 2.24) is 5.32 Å². The zero-order valence-electron chi connectivity index (χ0n) is 9.90. The minimum Gasteiger partial charge on any atom is -0.508 e. The van der Waals surface area contributed by atoms with Gasteiger partial charge in [-0.3, -0.25) is 4.79 Å². The topological polar surface area (TPSA) is 69.6 Å². The van der Waals surface area contributed by atoms with Crippen molar-refractivity contribution in [2.45, 2.75) is 25.4 Å². The number of carbonyl (C=O) groups is 1. The molecule has 0 radical (unpaired) electrons. The number of phenols is 1. The quantitative estimate of drug-likeness (QED) is 0.763. The lowest BCUT2D eigenvalue weighted by atomic mass is 10.1. The molecule has 2 atom stereocenters.